The normalized spacial score (nSPS) is 17.8. The van der Waals surface area contributed by atoms with Gasteiger partial charge in [-0.2, -0.15) is 0 Å². The Morgan fingerprint density at radius 3 is 2.50 bits per heavy atom. The van der Waals surface area contributed by atoms with E-state index in [-0.39, 0.29) is 23.7 Å². The first kappa shape index (κ1) is 16.6. The summed E-state index contributed by atoms with van der Waals surface area (Å²) in [6, 6.07) is 7.68. The third-order valence-corrected chi connectivity index (χ3v) is 4.87. The van der Waals surface area contributed by atoms with Gasteiger partial charge < -0.3 is 4.74 Å². The lowest BCUT2D eigenvalue weighted by molar-refractivity contribution is -0.384. The van der Waals surface area contributed by atoms with Crippen molar-refractivity contribution in [1.82, 2.24) is 9.80 Å². The minimum Gasteiger partial charge on any atom is -0.379 e. The first-order valence-electron chi connectivity index (χ1n) is 8.44. The van der Waals surface area contributed by atoms with E-state index in [1.807, 2.05) is 0 Å². The molecule has 1 saturated heterocycles. The standard InChI is InChI=1S/C18H17N3O5/c22-17-14-3-1-2-12-10-13(21(24)25)11-15(16(12)14)18(23)20(17)5-4-19-6-8-26-9-7-19/h1-3,10-11H,4-9H2. The van der Waals surface area contributed by atoms with Gasteiger partial charge in [-0.3, -0.25) is 29.5 Å². The molecule has 0 bridgehead atoms. The predicted molar refractivity (Wildman–Crippen MR) is 93.2 cm³/mol. The fourth-order valence-corrected chi connectivity index (χ4v) is 3.52. The van der Waals surface area contributed by atoms with Crippen molar-refractivity contribution in [1.29, 1.82) is 0 Å². The summed E-state index contributed by atoms with van der Waals surface area (Å²) in [4.78, 5) is 39.7. The maximum atomic E-state index is 12.9. The van der Waals surface area contributed by atoms with Gasteiger partial charge >= 0.3 is 0 Å². The number of rotatable bonds is 4. The van der Waals surface area contributed by atoms with Crippen molar-refractivity contribution in [3.8, 4) is 0 Å². The number of nitro benzene ring substituents is 1. The molecule has 0 unspecified atom stereocenters. The average Bonchev–Trinajstić information content (AvgIpc) is 2.66. The molecule has 2 aromatic rings. The molecule has 8 nitrogen and oxygen atoms in total. The van der Waals surface area contributed by atoms with E-state index in [2.05, 4.69) is 4.90 Å². The molecule has 0 atom stereocenters. The lowest BCUT2D eigenvalue weighted by Crippen LogP contribution is -2.46. The number of amides is 2. The monoisotopic (exact) mass is 355 g/mol. The van der Waals surface area contributed by atoms with Crippen LogP contribution in [0.3, 0.4) is 0 Å². The third kappa shape index (κ3) is 2.73. The van der Waals surface area contributed by atoms with Crippen molar-refractivity contribution in [3.05, 3.63) is 51.6 Å². The number of carbonyl (C=O) groups excluding carboxylic acids is 2. The van der Waals surface area contributed by atoms with E-state index in [0.717, 1.165) is 13.1 Å². The van der Waals surface area contributed by atoms with Gasteiger partial charge in [0.2, 0.25) is 0 Å². The summed E-state index contributed by atoms with van der Waals surface area (Å²) >= 11 is 0. The van der Waals surface area contributed by atoms with E-state index < -0.39 is 10.8 Å². The quantitative estimate of drug-likeness (QED) is 0.471. The Labute approximate surface area is 149 Å². The Kier molecular flexibility index (Phi) is 4.14. The molecule has 2 aliphatic heterocycles. The number of benzene rings is 2. The summed E-state index contributed by atoms with van der Waals surface area (Å²) in [5.41, 5.74) is 0.473. The molecular weight excluding hydrogens is 338 g/mol. The second-order valence-corrected chi connectivity index (χ2v) is 6.37. The van der Waals surface area contributed by atoms with Gasteiger partial charge in [0, 0.05) is 49.3 Å². The molecule has 2 aromatic carbocycles. The lowest BCUT2D eigenvalue weighted by Gasteiger charge is -2.31. The number of ether oxygens (including phenoxy) is 1. The van der Waals surface area contributed by atoms with Gasteiger partial charge in [0.25, 0.3) is 17.5 Å². The minimum absolute atomic E-state index is 0.152. The zero-order valence-corrected chi connectivity index (χ0v) is 14.0. The number of morpholine rings is 1. The Morgan fingerprint density at radius 1 is 1.04 bits per heavy atom. The molecule has 1 fully saturated rings. The number of carbonyl (C=O) groups is 2. The first-order valence-corrected chi connectivity index (χ1v) is 8.44. The maximum absolute atomic E-state index is 12.9. The highest BCUT2D eigenvalue weighted by Gasteiger charge is 2.34. The number of nitro groups is 1. The largest absolute Gasteiger partial charge is 0.379 e. The minimum atomic E-state index is -0.523. The van der Waals surface area contributed by atoms with Gasteiger partial charge in [-0.25, -0.2) is 0 Å². The summed E-state index contributed by atoms with van der Waals surface area (Å²) in [5.74, 6) is -0.828. The van der Waals surface area contributed by atoms with E-state index in [9.17, 15) is 19.7 Å². The summed E-state index contributed by atoms with van der Waals surface area (Å²) in [6.07, 6.45) is 0. The van der Waals surface area contributed by atoms with Crippen LogP contribution in [0.25, 0.3) is 10.8 Å². The molecule has 0 aromatic heterocycles. The Balaban J connectivity index is 1.70. The molecule has 0 spiro atoms. The number of hydrogen-bond acceptors (Lipinski definition) is 6. The molecule has 2 amide bonds. The molecule has 2 heterocycles. The number of nitrogens with zero attached hydrogens (tertiary/aromatic N) is 3. The third-order valence-electron chi connectivity index (χ3n) is 4.87. The molecule has 0 aliphatic carbocycles. The van der Waals surface area contributed by atoms with Crippen molar-refractivity contribution >= 4 is 28.3 Å². The van der Waals surface area contributed by atoms with Crippen LogP contribution >= 0.6 is 0 Å². The maximum Gasteiger partial charge on any atom is 0.270 e. The van der Waals surface area contributed by atoms with Gasteiger partial charge in [-0.15, -0.1) is 0 Å². The highest BCUT2D eigenvalue weighted by Crippen LogP contribution is 2.33. The molecule has 0 radical (unpaired) electrons. The van der Waals surface area contributed by atoms with Crippen LogP contribution in [0.1, 0.15) is 20.7 Å². The van der Waals surface area contributed by atoms with Crippen molar-refractivity contribution < 1.29 is 19.2 Å². The van der Waals surface area contributed by atoms with Crippen LogP contribution in [0.4, 0.5) is 5.69 Å². The number of non-ortho nitro benzene ring substituents is 1. The van der Waals surface area contributed by atoms with Crippen LogP contribution in [0.15, 0.2) is 30.3 Å². The average molecular weight is 355 g/mol. The van der Waals surface area contributed by atoms with Crippen molar-refractivity contribution in [2.75, 3.05) is 39.4 Å². The zero-order valence-electron chi connectivity index (χ0n) is 14.0. The Morgan fingerprint density at radius 2 is 1.77 bits per heavy atom. The van der Waals surface area contributed by atoms with E-state index in [1.54, 1.807) is 18.2 Å². The lowest BCUT2D eigenvalue weighted by atomic mass is 9.93. The van der Waals surface area contributed by atoms with Gasteiger partial charge in [0.15, 0.2) is 0 Å². The van der Waals surface area contributed by atoms with Crippen LogP contribution in [0.5, 0.6) is 0 Å². The van der Waals surface area contributed by atoms with Crippen molar-refractivity contribution in [2.45, 2.75) is 0 Å². The molecule has 0 saturated carbocycles. The van der Waals surface area contributed by atoms with Crippen LogP contribution in [0, 0.1) is 10.1 Å². The second-order valence-electron chi connectivity index (χ2n) is 6.37. The molecule has 26 heavy (non-hydrogen) atoms. The molecule has 8 heteroatoms. The highest BCUT2D eigenvalue weighted by molar-refractivity contribution is 6.25. The SMILES string of the molecule is O=C1c2cccc3cc([N+](=O)[O-])cc(c23)C(=O)N1CCN1CCOCC1. The molecule has 134 valence electrons. The summed E-state index contributed by atoms with van der Waals surface area (Å²) in [7, 11) is 0. The second kappa shape index (κ2) is 6.47. The van der Waals surface area contributed by atoms with Gasteiger partial charge in [0.1, 0.15) is 0 Å². The van der Waals surface area contributed by atoms with Crippen LogP contribution in [-0.4, -0.2) is 65.9 Å². The number of hydrogen-bond donors (Lipinski definition) is 0. The summed E-state index contributed by atoms with van der Waals surface area (Å²) in [6.45, 7) is 3.59. The fraction of sp³-hybridized carbons (Fsp3) is 0.333. The van der Waals surface area contributed by atoms with Gasteiger partial charge in [0.05, 0.1) is 23.7 Å². The number of imide groups is 1. The molecule has 4 rings (SSSR count). The molecule has 2 aliphatic rings. The highest BCUT2D eigenvalue weighted by atomic mass is 16.6. The van der Waals surface area contributed by atoms with Crippen LogP contribution in [-0.2, 0) is 4.74 Å². The van der Waals surface area contributed by atoms with E-state index in [1.165, 1.54) is 17.0 Å². The van der Waals surface area contributed by atoms with Crippen molar-refractivity contribution in [2.24, 2.45) is 0 Å². The Bertz CT molecular complexity index is 920. The van der Waals surface area contributed by atoms with Crippen molar-refractivity contribution in [3.63, 3.8) is 0 Å². The topological polar surface area (TPSA) is 93.0 Å². The Hall–Kier alpha value is -2.84. The first-order chi connectivity index (χ1) is 12.6. The van der Waals surface area contributed by atoms with Crippen LogP contribution in [0.2, 0.25) is 0 Å². The molecule has 0 N–H and O–H groups in total. The van der Waals surface area contributed by atoms with E-state index in [4.69, 9.17) is 4.74 Å². The van der Waals surface area contributed by atoms with Crippen LogP contribution < -0.4 is 0 Å². The van der Waals surface area contributed by atoms with E-state index >= 15 is 0 Å². The molecular formula is C18H17N3O5. The fourth-order valence-electron chi connectivity index (χ4n) is 3.52. The zero-order chi connectivity index (χ0) is 18.3. The van der Waals surface area contributed by atoms with E-state index in [0.29, 0.717) is 36.1 Å². The van der Waals surface area contributed by atoms with Gasteiger partial charge in [-0.05, 0) is 11.5 Å². The summed E-state index contributed by atoms with van der Waals surface area (Å²) < 4.78 is 5.30. The van der Waals surface area contributed by atoms with Gasteiger partial charge in [-0.1, -0.05) is 12.1 Å². The summed E-state index contributed by atoms with van der Waals surface area (Å²) in [5, 5.41) is 12.2. The smallest absolute Gasteiger partial charge is 0.270 e. The predicted octanol–water partition coefficient (Wildman–Crippen LogP) is 1.68.